The van der Waals surface area contributed by atoms with Crippen LogP contribution >= 0.6 is 0 Å². The van der Waals surface area contributed by atoms with E-state index in [4.69, 9.17) is 10.5 Å². The molecule has 0 spiro atoms. The topological polar surface area (TPSA) is 55.6 Å². The van der Waals surface area contributed by atoms with Gasteiger partial charge in [-0.3, -0.25) is 4.79 Å². The molecule has 0 radical (unpaired) electrons. The fourth-order valence-electron chi connectivity index (χ4n) is 3.65. The maximum Gasteiger partial charge on any atom is 0.227 e. The first kappa shape index (κ1) is 14.8. The van der Waals surface area contributed by atoms with E-state index in [-0.39, 0.29) is 12.0 Å². The van der Waals surface area contributed by atoms with E-state index in [1.54, 1.807) is 7.11 Å². The van der Waals surface area contributed by atoms with E-state index in [2.05, 4.69) is 6.92 Å². The number of amides is 1. The van der Waals surface area contributed by atoms with Gasteiger partial charge in [-0.25, -0.2) is 0 Å². The molecule has 3 atom stereocenters. The molecular formula is C15H28N2O2. The number of nitrogens with two attached hydrogens (primary N) is 1. The van der Waals surface area contributed by atoms with Crippen LogP contribution in [0.15, 0.2) is 0 Å². The number of hydrogen-bond donors (Lipinski definition) is 1. The van der Waals surface area contributed by atoms with E-state index in [1.807, 2.05) is 4.90 Å². The van der Waals surface area contributed by atoms with Crippen molar-refractivity contribution >= 4 is 5.91 Å². The third-order valence-electron chi connectivity index (χ3n) is 4.88. The van der Waals surface area contributed by atoms with Crippen LogP contribution < -0.4 is 5.73 Å². The van der Waals surface area contributed by atoms with Crippen molar-refractivity contribution < 1.29 is 9.53 Å². The highest BCUT2D eigenvalue weighted by molar-refractivity contribution is 5.80. The molecule has 0 aromatic rings. The summed E-state index contributed by atoms with van der Waals surface area (Å²) in [4.78, 5) is 14.7. The molecule has 2 fully saturated rings. The standard InChI is InChI=1S/C15H28N2O2/c1-11-4-3-5-13(16)14(11)15(18)17-8-6-12(7-9-17)10-19-2/h11-14H,3-10,16H2,1-2H3. The average Bonchev–Trinajstić information content (AvgIpc) is 2.39. The summed E-state index contributed by atoms with van der Waals surface area (Å²) < 4.78 is 5.20. The van der Waals surface area contributed by atoms with E-state index in [0.717, 1.165) is 45.4 Å². The van der Waals surface area contributed by atoms with Gasteiger partial charge in [0.1, 0.15) is 0 Å². The summed E-state index contributed by atoms with van der Waals surface area (Å²) in [5, 5.41) is 0. The van der Waals surface area contributed by atoms with Crippen LogP contribution in [0.5, 0.6) is 0 Å². The van der Waals surface area contributed by atoms with Crippen molar-refractivity contribution in [2.45, 2.75) is 45.1 Å². The second-order valence-electron chi connectivity index (χ2n) is 6.32. The summed E-state index contributed by atoms with van der Waals surface area (Å²) in [5.41, 5.74) is 6.18. The number of carbonyl (C=O) groups is 1. The summed E-state index contributed by atoms with van der Waals surface area (Å²) in [5.74, 6) is 1.41. The Morgan fingerprint density at radius 3 is 2.53 bits per heavy atom. The predicted octanol–water partition coefficient (Wildman–Crippen LogP) is 1.63. The Labute approximate surface area is 116 Å². The molecule has 19 heavy (non-hydrogen) atoms. The van der Waals surface area contributed by atoms with E-state index < -0.39 is 0 Å². The van der Waals surface area contributed by atoms with Gasteiger partial charge < -0.3 is 15.4 Å². The van der Waals surface area contributed by atoms with Gasteiger partial charge in [-0.1, -0.05) is 13.3 Å². The van der Waals surface area contributed by atoms with Crippen molar-refractivity contribution in [3.05, 3.63) is 0 Å². The van der Waals surface area contributed by atoms with Crippen molar-refractivity contribution in [2.75, 3.05) is 26.8 Å². The summed E-state index contributed by atoms with van der Waals surface area (Å²) in [7, 11) is 1.75. The van der Waals surface area contributed by atoms with Crippen LogP contribution in [0.4, 0.5) is 0 Å². The largest absolute Gasteiger partial charge is 0.384 e. The first-order valence-electron chi connectivity index (χ1n) is 7.66. The van der Waals surface area contributed by atoms with Crippen molar-refractivity contribution in [2.24, 2.45) is 23.5 Å². The monoisotopic (exact) mass is 268 g/mol. The van der Waals surface area contributed by atoms with Crippen molar-refractivity contribution in [3.8, 4) is 0 Å². The van der Waals surface area contributed by atoms with Gasteiger partial charge in [0, 0.05) is 32.8 Å². The highest BCUT2D eigenvalue weighted by Gasteiger charge is 2.37. The molecule has 3 unspecified atom stereocenters. The van der Waals surface area contributed by atoms with Gasteiger partial charge in [-0.2, -0.15) is 0 Å². The van der Waals surface area contributed by atoms with Crippen LogP contribution in [0, 0.1) is 17.8 Å². The third kappa shape index (κ3) is 3.48. The van der Waals surface area contributed by atoms with Crippen LogP contribution in [-0.2, 0) is 9.53 Å². The normalized spacial score (nSPS) is 33.4. The smallest absolute Gasteiger partial charge is 0.227 e. The van der Waals surface area contributed by atoms with Crippen molar-refractivity contribution in [3.63, 3.8) is 0 Å². The van der Waals surface area contributed by atoms with Gasteiger partial charge in [0.05, 0.1) is 5.92 Å². The SMILES string of the molecule is COCC1CCN(C(=O)C2C(C)CCCC2N)CC1. The third-order valence-corrected chi connectivity index (χ3v) is 4.88. The minimum absolute atomic E-state index is 0.0488. The number of piperidine rings is 1. The molecule has 2 aliphatic rings. The molecule has 1 aliphatic carbocycles. The molecule has 4 nitrogen and oxygen atoms in total. The lowest BCUT2D eigenvalue weighted by molar-refractivity contribution is -0.140. The quantitative estimate of drug-likeness (QED) is 0.846. The number of hydrogen-bond acceptors (Lipinski definition) is 3. The fraction of sp³-hybridized carbons (Fsp3) is 0.933. The lowest BCUT2D eigenvalue weighted by atomic mass is 9.76. The van der Waals surface area contributed by atoms with Gasteiger partial charge in [-0.05, 0) is 37.5 Å². The maximum absolute atomic E-state index is 12.7. The summed E-state index contributed by atoms with van der Waals surface area (Å²) in [6.07, 6.45) is 5.44. The van der Waals surface area contributed by atoms with Crippen LogP contribution in [0.25, 0.3) is 0 Å². The Morgan fingerprint density at radius 1 is 1.26 bits per heavy atom. The number of carbonyl (C=O) groups excluding carboxylic acids is 1. The van der Waals surface area contributed by atoms with E-state index in [0.29, 0.717) is 17.7 Å². The molecule has 1 heterocycles. The van der Waals surface area contributed by atoms with Gasteiger partial charge >= 0.3 is 0 Å². The molecule has 4 heteroatoms. The van der Waals surface area contributed by atoms with Crippen LogP contribution in [0.1, 0.15) is 39.0 Å². The fourth-order valence-corrected chi connectivity index (χ4v) is 3.65. The molecule has 1 amide bonds. The highest BCUT2D eigenvalue weighted by Crippen LogP contribution is 2.31. The first-order valence-corrected chi connectivity index (χ1v) is 7.66. The molecule has 1 saturated heterocycles. The van der Waals surface area contributed by atoms with Crippen molar-refractivity contribution in [1.82, 2.24) is 4.90 Å². The first-order chi connectivity index (χ1) is 9.13. The Balaban J connectivity index is 1.89. The zero-order chi connectivity index (χ0) is 13.8. The van der Waals surface area contributed by atoms with E-state index in [1.165, 1.54) is 6.42 Å². The van der Waals surface area contributed by atoms with Gasteiger partial charge in [0.25, 0.3) is 0 Å². The van der Waals surface area contributed by atoms with Crippen LogP contribution in [-0.4, -0.2) is 43.7 Å². The number of rotatable bonds is 3. The van der Waals surface area contributed by atoms with Crippen LogP contribution in [0.2, 0.25) is 0 Å². The zero-order valence-electron chi connectivity index (χ0n) is 12.3. The molecule has 0 aromatic carbocycles. The molecule has 2 rings (SSSR count). The minimum atomic E-state index is 0.0488. The summed E-state index contributed by atoms with van der Waals surface area (Å²) in [6.45, 7) is 4.76. The lowest BCUT2D eigenvalue weighted by Gasteiger charge is -2.39. The maximum atomic E-state index is 12.7. The van der Waals surface area contributed by atoms with E-state index in [9.17, 15) is 4.79 Å². The molecule has 2 N–H and O–H groups in total. The highest BCUT2D eigenvalue weighted by atomic mass is 16.5. The number of nitrogens with zero attached hydrogens (tertiary/aromatic N) is 1. The molecule has 1 saturated carbocycles. The Hall–Kier alpha value is -0.610. The predicted molar refractivity (Wildman–Crippen MR) is 75.7 cm³/mol. The van der Waals surface area contributed by atoms with Crippen LogP contribution in [0.3, 0.4) is 0 Å². The molecule has 0 bridgehead atoms. The lowest BCUT2D eigenvalue weighted by Crippen LogP contribution is -2.51. The minimum Gasteiger partial charge on any atom is -0.384 e. The second-order valence-corrected chi connectivity index (χ2v) is 6.32. The average molecular weight is 268 g/mol. The summed E-state index contributed by atoms with van der Waals surface area (Å²) >= 11 is 0. The number of ether oxygens (including phenoxy) is 1. The second kappa shape index (κ2) is 6.71. The van der Waals surface area contributed by atoms with Gasteiger partial charge in [0.2, 0.25) is 5.91 Å². The Morgan fingerprint density at radius 2 is 1.95 bits per heavy atom. The molecular weight excluding hydrogens is 240 g/mol. The van der Waals surface area contributed by atoms with Crippen molar-refractivity contribution in [1.29, 1.82) is 0 Å². The van der Waals surface area contributed by atoms with Gasteiger partial charge in [0.15, 0.2) is 0 Å². The molecule has 1 aliphatic heterocycles. The molecule has 0 aromatic heterocycles. The van der Waals surface area contributed by atoms with Gasteiger partial charge in [-0.15, -0.1) is 0 Å². The number of methoxy groups -OCH3 is 1. The Kier molecular flexibility index (Phi) is 5.22. The number of likely N-dealkylation sites (tertiary alicyclic amines) is 1. The Bertz CT molecular complexity index is 291. The van der Waals surface area contributed by atoms with E-state index >= 15 is 0 Å². The molecule has 110 valence electrons. The zero-order valence-corrected chi connectivity index (χ0v) is 12.3. The summed E-state index contributed by atoms with van der Waals surface area (Å²) in [6, 6.07) is 0.0629.